The fourth-order valence-corrected chi connectivity index (χ4v) is 2.79. The van der Waals surface area contributed by atoms with Gasteiger partial charge in [-0.3, -0.25) is 20.4 Å². The summed E-state index contributed by atoms with van der Waals surface area (Å²) in [6.45, 7) is 3.73. The summed E-state index contributed by atoms with van der Waals surface area (Å²) in [5.41, 5.74) is 5.77. The zero-order valence-electron chi connectivity index (χ0n) is 13.3. The van der Waals surface area contributed by atoms with Crippen LogP contribution < -0.4 is 25.6 Å². The quantitative estimate of drug-likeness (QED) is 0.677. The van der Waals surface area contributed by atoms with Crippen LogP contribution >= 0.6 is 11.3 Å². The van der Waals surface area contributed by atoms with E-state index in [0.717, 1.165) is 4.88 Å². The molecule has 130 valence electrons. The number of carbonyl (C=O) groups excluding carboxylic acids is 2. The topological polar surface area (TPSA) is 88.7 Å². The third kappa shape index (κ3) is 4.30. The molecule has 1 aromatic carbocycles. The number of ether oxygens (including phenoxy) is 2. The monoisotopic (exact) mass is 359 g/mol. The van der Waals surface area contributed by atoms with Gasteiger partial charge in [0.15, 0.2) is 11.5 Å². The van der Waals surface area contributed by atoms with Gasteiger partial charge in [-0.25, -0.2) is 0 Å². The van der Waals surface area contributed by atoms with Gasteiger partial charge in [-0.05, 0) is 23.6 Å². The highest BCUT2D eigenvalue weighted by Crippen LogP contribution is 2.30. The highest BCUT2D eigenvalue weighted by Gasteiger charge is 2.27. The van der Waals surface area contributed by atoms with Crippen LogP contribution in [0.5, 0.6) is 11.5 Å². The van der Waals surface area contributed by atoms with Crippen LogP contribution in [0, 0.1) is 0 Å². The minimum absolute atomic E-state index is 0.0951. The summed E-state index contributed by atoms with van der Waals surface area (Å²) in [6, 6.07) is 10.9. The molecule has 1 aliphatic heterocycles. The van der Waals surface area contributed by atoms with Gasteiger partial charge < -0.3 is 14.8 Å². The Morgan fingerprint density at radius 2 is 1.96 bits per heavy atom. The predicted octanol–water partition coefficient (Wildman–Crippen LogP) is 1.30. The maximum Gasteiger partial charge on any atom is 0.265 e. The van der Waals surface area contributed by atoms with Gasteiger partial charge in [0, 0.05) is 0 Å². The smallest absolute Gasteiger partial charge is 0.265 e. The molecule has 25 heavy (non-hydrogen) atoms. The number of nitrogens with one attached hydrogen (secondary N) is 3. The van der Waals surface area contributed by atoms with Gasteiger partial charge in [0.1, 0.15) is 6.61 Å². The fraction of sp³-hybridized carbons (Fsp3) is 0.176. The maximum atomic E-state index is 12.1. The van der Waals surface area contributed by atoms with Crippen molar-refractivity contribution in [1.82, 2.24) is 16.2 Å². The van der Waals surface area contributed by atoms with E-state index in [4.69, 9.17) is 9.47 Å². The minimum Gasteiger partial charge on any atom is -0.485 e. The van der Waals surface area contributed by atoms with E-state index in [9.17, 15) is 9.59 Å². The van der Waals surface area contributed by atoms with Crippen molar-refractivity contribution in [2.45, 2.75) is 6.10 Å². The van der Waals surface area contributed by atoms with E-state index in [0.29, 0.717) is 17.2 Å². The van der Waals surface area contributed by atoms with Gasteiger partial charge in [-0.15, -0.1) is 11.3 Å². The van der Waals surface area contributed by atoms with Gasteiger partial charge in [0.25, 0.3) is 11.8 Å². The first-order chi connectivity index (χ1) is 12.1. The van der Waals surface area contributed by atoms with Gasteiger partial charge in [0.05, 0.1) is 17.1 Å². The molecular weight excluding hydrogens is 342 g/mol. The molecule has 0 bridgehead atoms. The van der Waals surface area contributed by atoms with E-state index in [1.54, 1.807) is 18.2 Å². The lowest BCUT2D eigenvalue weighted by molar-refractivity contribution is -0.132. The Hall–Kier alpha value is -3.00. The molecule has 1 atom stereocenters. The van der Waals surface area contributed by atoms with E-state index < -0.39 is 17.9 Å². The molecule has 8 heteroatoms. The maximum absolute atomic E-state index is 12.1. The van der Waals surface area contributed by atoms with Crippen molar-refractivity contribution in [2.24, 2.45) is 0 Å². The summed E-state index contributed by atoms with van der Waals surface area (Å²) in [7, 11) is 0. The van der Waals surface area contributed by atoms with Crippen molar-refractivity contribution < 1.29 is 19.1 Å². The normalized spacial score (nSPS) is 15.1. The number of thiophene rings is 1. The zero-order valence-corrected chi connectivity index (χ0v) is 14.1. The summed E-state index contributed by atoms with van der Waals surface area (Å²) < 4.78 is 11.1. The highest BCUT2D eigenvalue weighted by molar-refractivity contribution is 7.11. The Morgan fingerprint density at radius 1 is 1.16 bits per heavy atom. The third-order valence-electron chi connectivity index (χ3n) is 3.40. The molecule has 2 amide bonds. The first-order valence-electron chi connectivity index (χ1n) is 7.57. The average Bonchev–Trinajstić information content (AvgIpc) is 3.18. The van der Waals surface area contributed by atoms with Gasteiger partial charge in [-0.2, -0.15) is 0 Å². The van der Waals surface area contributed by atoms with E-state index in [1.807, 2.05) is 23.6 Å². The summed E-state index contributed by atoms with van der Waals surface area (Å²) in [4.78, 5) is 24.8. The lowest BCUT2D eigenvalue weighted by atomic mass is 10.2. The van der Waals surface area contributed by atoms with Crippen molar-refractivity contribution >= 4 is 28.8 Å². The number of amides is 2. The molecule has 1 aromatic heterocycles. The SMILES string of the molecule is C=C(NNC(=O)CNC(=O)[C@@H]1COc2ccccc2O1)c1cccs1. The van der Waals surface area contributed by atoms with Crippen molar-refractivity contribution in [3.63, 3.8) is 0 Å². The van der Waals surface area contributed by atoms with Crippen LogP contribution in [-0.2, 0) is 9.59 Å². The van der Waals surface area contributed by atoms with Crippen LogP contribution in [-0.4, -0.2) is 31.1 Å². The molecule has 0 spiro atoms. The first kappa shape index (κ1) is 16.8. The number of rotatable bonds is 6. The molecule has 3 N–H and O–H groups in total. The van der Waals surface area contributed by atoms with Crippen molar-refractivity contribution in [1.29, 1.82) is 0 Å². The molecule has 0 aliphatic carbocycles. The number of hydrogen-bond acceptors (Lipinski definition) is 6. The molecule has 7 nitrogen and oxygen atoms in total. The number of carbonyl (C=O) groups is 2. The number of fused-ring (bicyclic) bond motifs is 1. The first-order valence-corrected chi connectivity index (χ1v) is 8.45. The van der Waals surface area contributed by atoms with E-state index in [1.165, 1.54) is 11.3 Å². The highest BCUT2D eigenvalue weighted by atomic mass is 32.1. The average molecular weight is 359 g/mol. The van der Waals surface area contributed by atoms with Crippen LogP contribution in [0.15, 0.2) is 48.4 Å². The van der Waals surface area contributed by atoms with Crippen LogP contribution in [0.1, 0.15) is 4.88 Å². The second-order valence-electron chi connectivity index (χ2n) is 5.21. The second-order valence-corrected chi connectivity index (χ2v) is 6.16. The van der Waals surface area contributed by atoms with Gasteiger partial charge in [-0.1, -0.05) is 24.8 Å². The molecule has 0 radical (unpaired) electrons. The Bertz CT molecular complexity index is 776. The summed E-state index contributed by atoms with van der Waals surface area (Å²) in [5.74, 6) is 0.290. The Morgan fingerprint density at radius 3 is 2.72 bits per heavy atom. The summed E-state index contributed by atoms with van der Waals surface area (Å²) in [5, 5.41) is 4.43. The molecule has 0 unspecified atom stereocenters. The van der Waals surface area contributed by atoms with Crippen LogP contribution in [0.4, 0.5) is 0 Å². The number of hydrogen-bond donors (Lipinski definition) is 3. The van der Waals surface area contributed by atoms with E-state index >= 15 is 0 Å². The van der Waals surface area contributed by atoms with Crippen LogP contribution in [0.2, 0.25) is 0 Å². The molecular formula is C17H17N3O4S. The molecule has 2 heterocycles. The molecule has 0 saturated heterocycles. The Kier molecular flexibility index (Phi) is 5.20. The van der Waals surface area contributed by atoms with Crippen molar-refractivity contribution in [3.8, 4) is 11.5 Å². The lowest BCUT2D eigenvalue weighted by Gasteiger charge is -2.25. The third-order valence-corrected chi connectivity index (χ3v) is 4.33. The second kappa shape index (κ2) is 7.71. The van der Waals surface area contributed by atoms with Gasteiger partial charge in [0.2, 0.25) is 6.10 Å². The molecule has 2 aromatic rings. The predicted molar refractivity (Wildman–Crippen MR) is 94.0 cm³/mol. The molecule has 1 aliphatic rings. The van der Waals surface area contributed by atoms with Crippen molar-refractivity contribution in [3.05, 3.63) is 53.2 Å². The van der Waals surface area contributed by atoms with E-state index in [-0.39, 0.29) is 13.2 Å². The van der Waals surface area contributed by atoms with Crippen LogP contribution in [0.25, 0.3) is 5.70 Å². The fourth-order valence-electron chi connectivity index (χ4n) is 2.13. The Balaban J connectivity index is 1.42. The standard InChI is InChI=1S/C17H17N3O4S/c1-11(15-7-4-8-25-15)19-20-16(21)9-18-17(22)14-10-23-12-5-2-3-6-13(12)24-14/h2-8,14,19H,1,9-10H2,(H,18,22)(H,20,21)/t14-/m0/s1. The van der Waals surface area contributed by atoms with Gasteiger partial charge >= 0.3 is 0 Å². The minimum atomic E-state index is -0.795. The lowest BCUT2D eigenvalue weighted by Crippen LogP contribution is -2.48. The summed E-state index contributed by atoms with van der Waals surface area (Å²) in [6.07, 6.45) is -0.795. The Labute approximate surface area is 148 Å². The molecule has 0 fully saturated rings. The number of para-hydroxylation sites is 2. The van der Waals surface area contributed by atoms with E-state index in [2.05, 4.69) is 22.7 Å². The largest absolute Gasteiger partial charge is 0.485 e. The number of hydrazine groups is 1. The zero-order chi connectivity index (χ0) is 17.6. The molecule has 0 saturated carbocycles. The number of benzene rings is 1. The summed E-state index contributed by atoms with van der Waals surface area (Å²) >= 11 is 1.50. The van der Waals surface area contributed by atoms with Crippen LogP contribution in [0.3, 0.4) is 0 Å². The van der Waals surface area contributed by atoms with Crippen molar-refractivity contribution in [2.75, 3.05) is 13.2 Å². The molecule has 3 rings (SSSR count).